The van der Waals surface area contributed by atoms with Crippen LogP contribution in [0.5, 0.6) is 0 Å². The Labute approximate surface area is 142 Å². The van der Waals surface area contributed by atoms with Gasteiger partial charge in [-0.3, -0.25) is 9.59 Å². The molecule has 3 atom stereocenters. The van der Waals surface area contributed by atoms with Gasteiger partial charge in [0.1, 0.15) is 6.04 Å². The standard InChI is InChI=1S/C19H26N2O3/c22-18(20-15-12-14(15)13-6-2-1-3-7-13)16-8-4-10-21(16)19(23)17-9-5-11-24-17/h5,9,11,13-16H,1-4,6-8,10,12H2,(H,20,22)/t14-,15-,16-/m0/s1. The van der Waals surface area contributed by atoms with Crippen molar-refractivity contribution in [1.82, 2.24) is 10.2 Å². The van der Waals surface area contributed by atoms with Crippen LogP contribution in [0.15, 0.2) is 22.8 Å². The highest BCUT2D eigenvalue weighted by Crippen LogP contribution is 2.44. The smallest absolute Gasteiger partial charge is 0.290 e. The number of furan rings is 1. The lowest BCUT2D eigenvalue weighted by Gasteiger charge is -2.24. The van der Waals surface area contributed by atoms with Gasteiger partial charge in [-0.2, -0.15) is 0 Å². The highest BCUT2D eigenvalue weighted by Gasteiger charge is 2.45. The summed E-state index contributed by atoms with van der Waals surface area (Å²) in [4.78, 5) is 26.8. The highest BCUT2D eigenvalue weighted by molar-refractivity contribution is 5.96. The van der Waals surface area contributed by atoms with Gasteiger partial charge in [-0.05, 0) is 43.2 Å². The molecule has 1 aromatic heterocycles. The second-order valence-electron chi connectivity index (χ2n) is 7.55. The number of amides is 2. The van der Waals surface area contributed by atoms with Gasteiger partial charge in [-0.25, -0.2) is 0 Å². The molecular formula is C19H26N2O3. The molecule has 3 aliphatic rings. The Balaban J connectivity index is 1.33. The lowest BCUT2D eigenvalue weighted by Crippen LogP contribution is -2.46. The highest BCUT2D eigenvalue weighted by atomic mass is 16.3. The third kappa shape index (κ3) is 3.08. The van der Waals surface area contributed by atoms with Crippen molar-refractivity contribution in [3.05, 3.63) is 24.2 Å². The average molecular weight is 330 g/mol. The summed E-state index contributed by atoms with van der Waals surface area (Å²) in [5, 5.41) is 3.21. The summed E-state index contributed by atoms with van der Waals surface area (Å²) >= 11 is 0. The number of carbonyl (C=O) groups excluding carboxylic acids is 2. The van der Waals surface area contributed by atoms with Gasteiger partial charge in [0.2, 0.25) is 5.91 Å². The molecule has 3 fully saturated rings. The quantitative estimate of drug-likeness (QED) is 0.923. The molecule has 0 aromatic carbocycles. The Kier molecular flexibility index (Phi) is 4.33. The normalized spacial score (nSPS) is 30.3. The Morgan fingerprint density at radius 2 is 1.96 bits per heavy atom. The van der Waals surface area contributed by atoms with Crippen LogP contribution in [0.1, 0.15) is 61.9 Å². The molecular weight excluding hydrogens is 304 g/mol. The van der Waals surface area contributed by atoms with Crippen LogP contribution in [-0.2, 0) is 4.79 Å². The fourth-order valence-corrected chi connectivity index (χ4v) is 4.57. The maximum absolute atomic E-state index is 12.7. The maximum atomic E-state index is 12.7. The predicted molar refractivity (Wildman–Crippen MR) is 89.4 cm³/mol. The second kappa shape index (κ2) is 6.61. The molecule has 0 unspecified atom stereocenters. The first-order valence-electron chi connectivity index (χ1n) is 9.39. The van der Waals surface area contributed by atoms with E-state index in [1.807, 2.05) is 0 Å². The van der Waals surface area contributed by atoms with E-state index in [4.69, 9.17) is 4.42 Å². The summed E-state index contributed by atoms with van der Waals surface area (Å²) < 4.78 is 5.20. The van der Waals surface area contributed by atoms with Gasteiger partial charge >= 0.3 is 0 Å². The van der Waals surface area contributed by atoms with Crippen molar-refractivity contribution in [3.63, 3.8) is 0 Å². The number of nitrogens with one attached hydrogen (secondary N) is 1. The molecule has 0 radical (unpaired) electrons. The zero-order valence-corrected chi connectivity index (χ0v) is 14.1. The largest absolute Gasteiger partial charge is 0.459 e. The average Bonchev–Trinajstić information content (AvgIpc) is 3.05. The minimum absolute atomic E-state index is 0.0238. The number of carbonyl (C=O) groups is 2. The van der Waals surface area contributed by atoms with Crippen molar-refractivity contribution in [1.29, 1.82) is 0 Å². The van der Waals surface area contributed by atoms with E-state index < -0.39 is 0 Å². The van der Waals surface area contributed by atoms with Gasteiger partial charge in [-0.15, -0.1) is 0 Å². The summed E-state index contributed by atoms with van der Waals surface area (Å²) in [6.45, 7) is 0.633. The Morgan fingerprint density at radius 3 is 2.71 bits per heavy atom. The van der Waals surface area contributed by atoms with Crippen LogP contribution in [0.25, 0.3) is 0 Å². The van der Waals surface area contributed by atoms with Crippen LogP contribution < -0.4 is 5.32 Å². The van der Waals surface area contributed by atoms with Crippen molar-refractivity contribution in [2.75, 3.05) is 6.54 Å². The SMILES string of the molecule is O=C(N[C@H]1C[C@H]1C1CCCCC1)[C@@H]1CCCN1C(=O)c1ccco1. The Bertz CT molecular complexity index is 592. The summed E-state index contributed by atoms with van der Waals surface area (Å²) in [5.74, 6) is 1.65. The van der Waals surface area contributed by atoms with Crippen LogP contribution in [0.4, 0.5) is 0 Å². The van der Waals surface area contributed by atoms with E-state index >= 15 is 0 Å². The van der Waals surface area contributed by atoms with Crippen LogP contribution in [0.3, 0.4) is 0 Å². The van der Waals surface area contributed by atoms with Crippen LogP contribution in [0, 0.1) is 11.8 Å². The van der Waals surface area contributed by atoms with E-state index in [0.717, 1.165) is 25.2 Å². The van der Waals surface area contributed by atoms with Crippen LogP contribution in [0.2, 0.25) is 0 Å². The molecule has 2 saturated carbocycles. The van der Waals surface area contributed by atoms with Crippen LogP contribution in [-0.4, -0.2) is 35.3 Å². The maximum Gasteiger partial charge on any atom is 0.290 e. The molecule has 1 saturated heterocycles. The molecule has 24 heavy (non-hydrogen) atoms. The summed E-state index contributed by atoms with van der Waals surface area (Å²) in [6, 6.07) is 3.37. The minimum atomic E-state index is -0.338. The molecule has 1 aromatic rings. The van der Waals surface area contributed by atoms with E-state index in [-0.39, 0.29) is 17.9 Å². The Morgan fingerprint density at radius 1 is 1.12 bits per heavy atom. The third-order valence-electron chi connectivity index (χ3n) is 5.97. The topological polar surface area (TPSA) is 62.6 Å². The molecule has 1 N–H and O–H groups in total. The molecule has 0 bridgehead atoms. The zero-order valence-electron chi connectivity index (χ0n) is 14.1. The first-order chi connectivity index (χ1) is 11.7. The monoisotopic (exact) mass is 330 g/mol. The molecule has 2 amide bonds. The van der Waals surface area contributed by atoms with E-state index in [0.29, 0.717) is 24.3 Å². The molecule has 2 heterocycles. The van der Waals surface area contributed by atoms with Crippen molar-refractivity contribution in [2.45, 2.75) is 63.5 Å². The van der Waals surface area contributed by atoms with Gasteiger partial charge in [0.05, 0.1) is 6.26 Å². The fourth-order valence-electron chi connectivity index (χ4n) is 4.57. The molecule has 2 aliphatic carbocycles. The minimum Gasteiger partial charge on any atom is -0.459 e. The van der Waals surface area contributed by atoms with E-state index in [9.17, 15) is 9.59 Å². The van der Waals surface area contributed by atoms with E-state index in [2.05, 4.69) is 5.32 Å². The van der Waals surface area contributed by atoms with Crippen molar-refractivity contribution in [3.8, 4) is 0 Å². The number of hydrogen-bond donors (Lipinski definition) is 1. The van der Waals surface area contributed by atoms with E-state index in [1.54, 1.807) is 17.0 Å². The van der Waals surface area contributed by atoms with E-state index in [1.165, 1.54) is 38.4 Å². The molecule has 5 heteroatoms. The molecule has 4 rings (SSSR count). The number of likely N-dealkylation sites (tertiary alicyclic amines) is 1. The van der Waals surface area contributed by atoms with Crippen LogP contribution >= 0.6 is 0 Å². The first kappa shape index (κ1) is 15.7. The predicted octanol–water partition coefficient (Wildman–Crippen LogP) is 2.97. The van der Waals surface area contributed by atoms with Crippen molar-refractivity contribution in [2.24, 2.45) is 11.8 Å². The molecule has 130 valence electrons. The molecule has 0 spiro atoms. The van der Waals surface area contributed by atoms with Gasteiger partial charge in [0, 0.05) is 12.6 Å². The fraction of sp³-hybridized carbons (Fsp3) is 0.684. The number of rotatable bonds is 4. The zero-order chi connectivity index (χ0) is 16.5. The van der Waals surface area contributed by atoms with Gasteiger partial charge < -0.3 is 14.6 Å². The third-order valence-corrected chi connectivity index (χ3v) is 5.97. The summed E-state index contributed by atoms with van der Waals surface area (Å²) in [5.41, 5.74) is 0. The lowest BCUT2D eigenvalue weighted by atomic mass is 9.85. The van der Waals surface area contributed by atoms with Gasteiger partial charge in [0.25, 0.3) is 5.91 Å². The summed E-state index contributed by atoms with van der Waals surface area (Å²) in [7, 11) is 0. The number of nitrogens with zero attached hydrogens (tertiary/aromatic N) is 1. The molecule has 5 nitrogen and oxygen atoms in total. The summed E-state index contributed by atoms with van der Waals surface area (Å²) in [6.07, 6.45) is 10.9. The van der Waals surface area contributed by atoms with Gasteiger partial charge in [-0.1, -0.05) is 32.1 Å². The first-order valence-corrected chi connectivity index (χ1v) is 9.39. The molecule has 1 aliphatic heterocycles. The number of hydrogen-bond acceptors (Lipinski definition) is 3. The Hall–Kier alpha value is -1.78. The van der Waals surface area contributed by atoms with Gasteiger partial charge in [0.15, 0.2) is 5.76 Å². The van der Waals surface area contributed by atoms with Crippen molar-refractivity contribution < 1.29 is 14.0 Å². The second-order valence-corrected chi connectivity index (χ2v) is 7.55. The lowest BCUT2D eigenvalue weighted by molar-refractivity contribution is -0.125. The van der Waals surface area contributed by atoms with Crippen molar-refractivity contribution >= 4 is 11.8 Å².